The van der Waals surface area contributed by atoms with Crippen molar-refractivity contribution >= 4 is 23.3 Å². The number of carbonyl (C=O) groups is 2. The predicted molar refractivity (Wildman–Crippen MR) is 104 cm³/mol. The van der Waals surface area contributed by atoms with Crippen molar-refractivity contribution in [1.29, 1.82) is 0 Å². The number of urea groups is 1. The number of amides is 3. The van der Waals surface area contributed by atoms with E-state index in [2.05, 4.69) is 10.6 Å². The van der Waals surface area contributed by atoms with Gasteiger partial charge in [0.2, 0.25) is 5.91 Å². The molecule has 1 heterocycles. The van der Waals surface area contributed by atoms with Crippen LogP contribution in [-0.2, 0) is 11.3 Å². The number of aliphatic hydroxyl groups is 1. The van der Waals surface area contributed by atoms with Crippen LogP contribution in [0.5, 0.6) is 0 Å². The standard InChI is InChI=1S/C19H26N4O4/c1-14-16(20-18(25)13-22(2)3)7-4-8-17(14)21-19(26)23(9-10-24)12-15-6-5-11-27-15/h4-8,11,24H,9-10,12-13H2,1-3H3,(H,20,25)(H,21,26). The van der Waals surface area contributed by atoms with Crippen LogP contribution in [-0.4, -0.2) is 60.6 Å². The van der Waals surface area contributed by atoms with E-state index >= 15 is 0 Å². The minimum absolute atomic E-state index is 0.133. The fraction of sp³-hybridized carbons (Fsp3) is 0.368. The maximum absolute atomic E-state index is 12.6. The van der Waals surface area contributed by atoms with Gasteiger partial charge in [-0.25, -0.2) is 4.79 Å². The number of nitrogens with zero attached hydrogens (tertiary/aromatic N) is 2. The van der Waals surface area contributed by atoms with Crippen LogP contribution < -0.4 is 10.6 Å². The van der Waals surface area contributed by atoms with Gasteiger partial charge < -0.3 is 30.0 Å². The molecule has 1 aromatic carbocycles. The highest BCUT2D eigenvalue weighted by Crippen LogP contribution is 2.24. The fourth-order valence-electron chi connectivity index (χ4n) is 2.54. The van der Waals surface area contributed by atoms with Crippen LogP contribution in [0.3, 0.4) is 0 Å². The predicted octanol–water partition coefficient (Wildman–Crippen LogP) is 2.11. The summed E-state index contributed by atoms with van der Waals surface area (Å²) in [5.41, 5.74) is 1.98. The summed E-state index contributed by atoms with van der Waals surface area (Å²) < 4.78 is 5.27. The Morgan fingerprint density at radius 2 is 1.81 bits per heavy atom. The number of aliphatic hydroxyl groups excluding tert-OH is 1. The molecule has 0 saturated carbocycles. The summed E-state index contributed by atoms with van der Waals surface area (Å²) in [6, 6.07) is 8.46. The van der Waals surface area contributed by atoms with E-state index in [1.165, 1.54) is 11.2 Å². The van der Waals surface area contributed by atoms with Crippen molar-refractivity contribution in [1.82, 2.24) is 9.80 Å². The summed E-state index contributed by atoms with van der Waals surface area (Å²) in [6.45, 7) is 2.35. The number of likely N-dealkylation sites (N-methyl/N-ethyl adjacent to an activating group) is 1. The maximum Gasteiger partial charge on any atom is 0.322 e. The zero-order chi connectivity index (χ0) is 19.8. The Balaban J connectivity index is 2.09. The highest BCUT2D eigenvalue weighted by atomic mass is 16.3. The van der Waals surface area contributed by atoms with Crippen LogP contribution >= 0.6 is 0 Å². The molecule has 1 aromatic heterocycles. The summed E-state index contributed by atoms with van der Waals surface area (Å²) in [6.07, 6.45) is 1.54. The monoisotopic (exact) mass is 374 g/mol. The molecule has 0 bridgehead atoms. The highest BCUT2D eigenvalue weighted by molar-refractivity contribution is 5.96. The number of hydrogen-bond donors (Lipinski definition) is 3. The summed E-state index contributed by atoms with van der Waals surface area (Å²) in [5.74, 6) is 0.492. The Morgan fingerprint density at radius 3 is 2.41 bits per heavy atom. The molecule has 2 rings (SSSR count). The summed E-state index contributed by atoms with van der Waals surface area (Å²) in [4.78, 5) is 27.9. The number of rotatable bonds is 8. The molecule has 0 saturated heterocycles. The lowest BCUT2D eigenvalue weighted by molar-refractivity contribution is -0.116. The van der Waals surface area contributed by atoms with Gasteiger partial charge in [-0.1, -0.05) is 6.07 Å². The third-order valence-corrected chi connectivity index (χ3v) is 3.89. The third-order valence-electron chi connectivity index (χ3n) is 3.89. The van der Waals surface area contributed by atoms with Crippen molar-refractivity contribution in [2.75, 3.05) is 44.4 Å². The average Bonchev–Trinajstić information content (AvgIpc) is 3.10. The van der Waals surface area contributed by atoms with E-state index in [1.807, 2.05) is 21.0 Å². The molecule has 3 amide bonds. The van der Waals surface area contributed by atoms with E-state index in [0.717, 1.165) is 5.56 Å². The average molecular weight is 374 g/mol. The zero-order valence-corrected chi connectivity index (χ0v) is 15.9. The van der Waals surface area contributed by atoms with Crippen LogP contribution in [0.15, 0.2) is 41.0 Å². The Labute approximate surface area is 158 Å². The molecule has 0 unspecified atom stereocenters. The molecule has 0 radical (unpaired) electrons. The smallest absolute Gasteiger partial charge is 0.322 e. The van der Waals surface area contributed by atoms with Crippen molar-refractivity contribution in [2.45, 2.75) is 13.5 Å². The molecule has 0 atom stereocenters. The number of carbonyl (C=O) groups excluding carboxylic acids is 2. The first-order valence-electron chi connectivity index (χ1n) is 8.64. The number of hydrogen-bond acceptors (Lipinski definition) is 5. The van der Waals surface area contributed by atoms with E-state index < -0.39 is 0 Å². The van der Waals surface area contributed by atoms with Crippen LogP contribution in [0.2, 0.25) is 0 Å². The topological polar surface area (TPSA) is 98.1 Å². The van der Waals surface area contributed by atoms with Crippen LogP contribution in [0.25, 0.3) is 0 Å². The molecule has 2 aromatic rings. The first kappa shape index (κ1) is 20.5. The van der Waals surface area contributed by atoms with Gasteiger partial charge in [0.05, 0.1) is 26.0 Å². The largest absolute Gasteiger partial charge is 0.467 e. The fourth-order valence-corrected chi connectivity index (χ4v) is 2.54. The second-order valence-electron chi connectivity index (χ2n) is 6.42. The van der Waals surface area contributed by atoms with Crippen molar-refractivity contribution < 1.29 is 19.1 Å². The lowest BCUT2D eigenvalue weighted by atomic mass is 10.1. The Morgan fingerprint density at radius 1 is 1.11 bits per heavy atom. The minimum atomic E-state index is -0.361. The molecular weight excluding hydrogens is 348 g/mol. The summed E-state index contributed by atoms with van der Waals surface area (Å²) in [5, 5.41) is 14.9. The van der Waals surface area contributed by atoms with E-state index in [4.69, 9.17) is 4.42 Å². The molecule has 27 heavy (non-hydrogen) atoms. The lowest BCUT2D eigenvalue weighted by Gasteiger charge is -2.22. The Hall–Kier alpha value is -2.84. The van der Waals surface area contributed by atoms with Crippen LogP contribution in [0, 0.1) is 6.92 Å². The van der Waals surface area contributed by atoms with Gasteiger partial charge in [-0.3, -0.25) is 4.79 Å². The number of anilines is 2. The molecule has 8 nitrogen and oxygen atoms in total. The molecule has 146 valence electrons. The van der Waals surface area contributed by atoms with Crippen molar-refractivity contribution in [3.05, 3.63) is 47.9 Å². The zero-order valence-electron chi connectivity index (χ0n) is 15.9. The Bertz CT molecular complexity index is 759. The normalized spacial score (nSPS) is 10.7. The minimum Gasteiger partial charge on any atom is -0.467 e. The molecule has 8 heteroatoms. The number of nitrogens with one attached hydrogen (secondary N) is 2. The van der Waals surface area contributed by atoms with Gasteiger partial charge in [0.25, 0.3) is 0 Å². The molecule has 0 aliphatic rings. The third kappa shape index (κ3) is 6.12. The Kier molecular flexibility index (Phi) is 7.39. The van der Waals surface area contributed by atoms with Crippen LogP contribution in [0.4, 0.5) is 16.2 Å². The summed E-state index contributed by atoms with van der Waals surface area (Å²) in [7, 11) is 3.63. The second kappa shape index (κ2) is 9.75. The van der Waals surface area contributed by atoms with Gasteiger partial charge in [0, 0.05) is 17.9 Å². The van der Waals surface area contributed by atoms with E-state index in [9.17, 15) is 14.7 Å². The lowest BCUT2D eigenvalue weighted by Crippen LogP contribution is -2.36. The second-order valence-corrected chi connectivity index (χ2v) is 6.42. The van der Waals surface area contributed by atoms with E-state index in [-0.39, 0.29) is 38.2 Å². The van der Waals surface area contributed by atoms with E-state index in [1.54, 1.807) is 35.2 Å². The molecule has 0 aliphatic carbocycles. The quantitative estimate of drug-likeness (QED) is 0.657. The van der Waals surface area contributed by atoms with Gasteiger partial charge >= 0.3 is 6.03 Å². The molecular formula is C19H26N4O4. The van der Waals surface area contributed by atoms with Crippen molar-refractivity contribution in [2.24, 2.45) is 0 Å². The molecule has 0 aliphatic heterocycles. The SMILES string of the molecule is Cc1c(NC(=O)CN(C)C)cccc1NC(=O)N(CCO)Cc1ccco1. The highest BCUT2D eigenvalue weighted by Gasteiger charge is 2.17. The number of furan rings is 1. The molecule has 3 N–H and O–H groups in total. The maximum atomic E-state index is 12.6. The van der Waals surface area contributed by atoms with Gasteiger partial charge in [0.15, 0.2) is 0 Å². The van der Waals surface area contributed by atoms with Gasteiger partial charge in [0.1, 0.15) is 5.76 Å². The van der Waals surface area contributed by atoms with Gasteiger partial charge in [-0.2, -0.15) is 0 Å². The molecule has 0 spiro atoms. The molecule has 0 fully saturated rings. The van der Waals surface area contributed by atoms with Crippen molar-refractivity contribution in [3.63, 3.8) is 0 Å². The number of benzene rings is 1. The first-order chi connectivity index (χ1) is 12.9. The summed E-state index contributed by atoms with van der Waals surface area (Å²) >= 11 is 0. The van der Waals surface area contributed by atoms with Gasteiger partial charge in [-0.05, 0) is 50.8 Å². The van der Waals surface area contributed by atoms with E-state index in [0.29, 0.717) is 17.1 Å². The van der Waals surface area contributed by atoms with Gasteiger partial charge in [-0.15, -0.1) is 0 Å². The van der Waals surface area contributed by atoms with Crippen LogP contribution in [0.1, 0.15) is 11.3 Å². The first-order valence-corrected chi connectivity index (χ1v) is 8.64. The van der Waals surface area contributed by atoms with Crippen molar-refractivity contribution in [3.8, 4) is 0 Å².